The lowest BCUT2D eigenvalue weighted by atomic mass is 9.97. The SMILES string of the molecule is C[C@H](NC(=O)N1CCC(C(=O)O)CC1)c1ccc(Br)cc1. The molecule has 1 saturated heterocycles. The van der Waals surface area contributed by atoms with Crippen molar-refractivity contribution in [3.05, 3.63) is 34.3 Å². The first-order chi connectivity index (χ1) is 9.97. The monoisotopic (exact) mass is 354 g/mol. The Kier molecular flexibility index (Phi) is 5.22. The highest BCUT2D eigenvalue weighted by Crippen LogP contribution is 2.19. The molecule has 2 rings (SSSR count). The third-order valence-corrected chi connectivity index (χ3v) is 4.37. The zero-order valence-electron chi connectivity index (χ0n) is 11.9. The van der Waals surface area contributed by atoms with E-state index in [1.54, 1.807) is 4.90 Å². The molecule has 5 nitrogen and oxygen atoms in total. The van der Waals surface area contributed by atoms with E-state index in [4.69, 9.17) is 5.11 Å². The van der Waals surface area contributed by atoms with Crippen LogP contribution in [0.4, 0.5) is 4.79 Å². The number of benzene rings is 1. The molecule has 1 aromatic carbocycles. The van der Waals surface area contributed by atoms with Crippen LogP contribution in [0.5, 0.6) is 0 Å². The highest BCUT2D eigenvalue weighted by atomic mass is 79.9. The Bertz CT molecular complexity index is 510. The van der Waals surface area contributed by atoms with Crippen molar-refractivity contribution in [1.82, 2.24) is 10.2 Å². The molecular formula is C15H19BrN2O3. The smallest absolute Gasteiger partial charge is 0.317 e. The van der Waals surface area contributed by atoms with Crippen LogP contribution in [0.25, 0.3) is 0 Å². The fourth-order valence-electron chi connectivity index (χ4n) is 2.44. The van der Waals surface area contributed by atoms with Gasteiger partial charge < -0.3 is 15.3 Å². The summed E-state index contributed by atoms with van der Waals surface area (Å²) < 4.78 is 1.00. The maximum absolute atomic E-state index is 12.2. The van der Waals surface area contributed by atoms with Gasteiger partial charge >= 0.3 is 12.0 Å². The Labute approximate surface area is 132 Å². The summed E-state index contributed by atoms with van der Waals surface area (Å²) in [4.78, 5) is 24.8. The quantitative estimate of drug-likeness (QED) is 0.876. The van der Waals surface area contributed by atoms with Crippen LogP contribution in [0.3, 0.4) is 0 Å². The number of piperidine rings is 1. The second kappa shape index (κ2) is 6.93. The van der Waals surface area contributed by atoms with Gasteiger partial charge in [0.2, 0.25) is 0 Å². The molecule has 0 unspecified atom stereocenters. The first-order valence-corrected chi connectivity index (χ1v) is 7.80. The van der Waals surface area contributed by atoms with Gasteiger partial charge in [-0.2, -0.15) is 0 Å². The summed E-state index contributed by atoms with van der Waals surface area (Å²) in [6, 6.07) is 7.60. The van der Waals surface area contributed by atoms with Gasteiger partial charge in [0.1, 0.15) is 0 Å². The number of amides is 2. The lowest BCUT2D eigenvalue weighted by Gasteiger charge is -2.31. The van der Waals surface area contributed by atoms with E-state index in [1.165, 1.54) is 0 Å². The van der Waals surface area contributed by atoms with Crippen molar-refractivity contribution in [1.29, 1.82) is 0 Å². The number of rotatable bonds is 3. The van der Waals surface area contributed by atoms with Crippen molar-refractivity contribution >= 4 is 27.9 Å². The molecule has 0 radical (unpaired) electrons. The number of hydrogen-bond donors (Lipinski definition) is 2. The lowest BCUT2D eigenvalue weighted by molar-refractivity contribution is -0.143. The number of carbonyl (C=O) groups excluding carboxylic acids is 1. The molecule has 114 valence electrons. The first-order valence-electron chi connectivity index (χ1n) is 7.01. The fraction of sp³-hybridized carbons (Fsp3) is 0.467. The minimum atomic E-state index is -0.765. The van der Waals surface area contributed by atoms with Crippen molar-refractivity contribution in [3.8, 4) is 0 Å². The van der Waals surface area contributed by atoms with Crippen LogP contribution in [0.2, 0.25) is 0 Å². The Hall–Kier alpha value is -1.56. The fourth-order valence-corrected chi connectivity index (χ4v) is 2.71. The number of halogens is 1. The van der Waals surface area contributed by atoms with Gasteiger partial charge in [-0.1, -0.05) is 28.1 Å². The first kappa shape index (κ1) is 15.8. The molecule has 1 aliphatic heterocycles. The van der Waals surface area contributed by atoms with E-state index in [-0.39, 0.29) is 18.0 Å². The van der Waals surface area contributed by atoms with Crippen LogP contribution in [-0.4, -0.2) is 35.1 Å². The van der Waals surface area contributed by atoms with Crippen LogP contribution in [-0.2, 0) is 4.79 Å². The average molecular weight is 355 g/mol. The number of nitrogens with one attached hydrogen (secondary N) is 1. The van der Waals surface area contributed by atoms with E-state index in [2.05, 4.69) is 21.2 Å². The molecule has 0 bridgehead atoms. The van der Waals surface area contributed by atoms with Gasteiger partial charge in [-0.3, -0.25) is 4.79 Å². The molecule has 0 spiro atoms. The number of carbonyl (C=O) groups is 2. The van der Waals surface area contributed by atoms with Crippen LogP contribution in [0.15, 0.2) is 28.7 Å². The van der Waals surface area contributed by atoms with E-state index in [1.807, 2.05) is 31.2 Å². The third-order valence-electron chi connectivity index (χ3n) is 3.84. The Morgan fingerprint density at radius 3 is 2.38 bits per heavy atom. The predicted molar refractivity (Wildman–Crippen MR) is 83.0 cm³/mol. The minimum absolute atomic E-state index is 0.0807. The predicted octanol–water partition coefficient (Wildman–Crippen LogP) is 3.02. The summed E-state index contributed by atoms with van der Waals surface area (Å²) in [5.41, 5.74) is 1.03. The molecule has 2 amide bonds. The Morgan fingerprint density at radius 2 is 1.86 bits per heavy atom. The zero-order chi connectivity index (χ0) is 15.4. The van der Waals surface area contributed by atoms with Gasteiger partial charge in [-0.25, -0.2) is 4.79 Å². The van der Waals surface area contributed by atoms with Gasteiger partial charge in [0.15, 0.2) is 0 Å². The van der Waals surface area contributed by atoms with Gasteiger partial charge in [0.05, 0.1) is 12.0 Å². The number of hydrogen-bond acceptors (Lipinski definition) is 2. The molecule has 6 heteroatoms. The van der Waals surface area contributed by atoms with E-state index in [9.17, 15) is 9.59 Å². The molecule has 0 aliphatic carbocycles. The molecule has 1 aliphatic rings. The topological polar surface area (TPSA) is 69.6 Å². The largest absolute Gasteiger partial charge is 0.481 e. The lowest BCUT2D eigenvalue weighted by Crippen LogP contribution is -2.46. The molecule has 1 atom stereocenters. The summed E-state index contributed by atoms with van der Waals surface area (Å²) in [6.07, 6.45) is 1.05. The maximum atomic E-state index is 12.2. The van der Waals surface area contributed by atoms with E-state index >= 15 is 0 Å². The van der Waals surface area contributed by atoms with Crippen molar-refractivity contribution < 1.29 is 14.7 Å². The van der Waals surface area contributed by atoms with Gasteiger partial charge in [-0.05, 0) is 37.5 Å². The van der Waals surface area contributed by atoms with Crippen molar-refractivity contribution in [2.45, 2.75) is 25.8 Å². The highest BCUT2D eigenvalue weighted by molar-refractivity contribution is 9.10. The summed E-state index contributed by atoms with van der Waals surface area (Å²) in [7, 11) is 0. The molecule has 1 fully saturated rings. The van der Waals surface area contributed by atoms with Gasteiger partial charge in [0.25, 0.3) is 0 Å². The average Bonchev–Trinajstić information content (AvgIpc) is 2.47. The summed E-state index contributed by atoms with van der Waals surface area (Å²) in [5.74, 6) is -1.09. The molecule has 1 aromatic rings. The third kappa shape index (κ3) is 4.20. The van der Waals surface area contributed by atoms with E-state index in [0.717, 1.165) is 10.0 Å². The maximum Gasteiger partial charge on any atom is 0.317 e. The Morgan fingerprint density at radius 1 is 1.29 bits per heavy atom. The second-order valence-corrected chi connectivity index (χ2v) is 6.24. The van der Waals surface area contributed by atoms with Gasteiger partial charge in [0, 0.05) is 17.6 Å². The number of carboxylic acids is 1. The van der Waals surface area contributed by atoms with E-state index < -0.39 is 5.97 Å². The molecule has 1 heterocycles. The molecule has 2 N–H and O–H groups in total. The van der Waals surface area contributed by atoms with Crippen LogP contribution in [0, 0.1) is 5.92 Å². The number of aliphatic carboxylic acids is 1. The molecule has 21 heavy (non-hydrogen) atoms. The van der Waals surface area contributed by atoms with Gasteiger partial charge in [-0.15, -0.1) is 0 Å². The normalized spacial score (nSPS) is 17.3. The van der Waals surface area contributed by atoms with Crippen molar-refractivity contribution in [3.63, 3.8) is 0 Å². The molecule has 0 saturated carbocycles. The molecule has 0 aromatic heterocycles. The van der Waals surface area contributed by atoms with Crippen molar-refractivity contribution in [2.75, 3.05) is 13.1 Å². The second-order valence-electron chi connectivity index (χ2n) is 5.32. The summed E-state index contributed by atoms with van der Waals surface area (Å²) in [5, 5.41) is 11.9. The van der Waals surface area contributed by atoms with Crippen LogP contribution >= 0.6 is 15.9 Å². The van der Waals surface area contributed by atoms with Crippen LogP contribution in [0.1, 0.15) is 31.4 Å². The summed E-state index contributed by atoms with van der Waals surface area (Å²) in [6.45, 7) is 2.93. The minimum Gasteiger partial charge on any atom is -0.481 e. The highest BCUT2D eigenvalue weighted by Gasteiger charge is 2.27. The number of nitrogens with zero attached hydrogens (tertiary/aromatic N) is 1. The standard InChI is InChI=1S/C15H19BrN2O3/c1-10(11-2-4-13(16)5-3-11)17-15(21)18-8-6-12(7-9-18)14(19)20/h2-5,10,12H,6-9H2,1H3,(H,17,21)(H,19,20)/t10-/m0/s1. The number of likely N-dealkylation sites (tertiary alicyclic amines) is 1. The van der Waals surface area contributed by atoms with Crippen LogP contribution < -0.4 is 5.32 Å². The number of carboxylic acid groups (broad SMARTS) is 1. The molecular weight excluding hydrogens is 336 g/mol. The Balaban J connectivity index is 1.87. The number of urea groups is 1. The van der Waals surface area contributed by atoms with Crippen molar-refractivity contribution in [2.24, 2.45) is 5.92 Å². The summed E-state index contributed by atoms with van der Waals surface area (Å²) >= 11 is 3.38. The van der Waals surface area contributed by atoms with E-state index in [0.29, 0.717) is 25.9 Å². The zero-order valence-corrected chi connectivity index (χ0v) is 13.5.